The predicted octanol–water partition coefficient (Wildman–Crippen LogP) is 2.57. The maximum absolute atomic E-state index is 12.2. The molecule has 0 aliphatic heterocycles. The molecule has 0 bridgehead atoms. The van der Waals surface area contributed by atoms with E-state index >= 15 is 0 Å². The number of hydrogen-bond acceptors (Lipinski definition) is 4. The van der Waals surface area contributed by atoms with Gasteiger partial charge in [0.1, 0.15) is 17.3 Å². The van der Waals surface area contributed by atoms with E-state index in [2.05, 4.69) is 11.1 Å². The number of nitriles is 1. The number of carbonyl (C=O) groups excluding carboxylic acids is 1. The first kappa shape index (κ1) is 16.3. The van der Waals surface area contributed by atoms with Crippen molar-refractivity contribution in [2.24, 2.45) is 12.0 Å². The van der Waals surface area contributed by atoms with Crippen LogP contribution in [0.3, 0.4) is 0 Å². The quantitative estimate of drug-likeness (QED) is 0.494. The molecule has 6 heteroatoms. The molecule has 23 heavy (non-hydrogen) atoms. The summed E-state index contributed by atoms with van der Waals surface area (Å²) in [5.41, 5.74) is 2.38. The van der Waals surface area contributed by atoms with Crippen LogP contribution < -0.4 is 0 Å². The zero-order chi connectivity index (χ0) is 17.0. The number of nitrogens with zero attached hydrogens (tertiary/aromatic N) is 4. The lowest BCUT2D eigenvalue weighted by Gasteiger charge is -2.06. The van der Waals surface area contributed by atoms with Gasteiger partial charge in [0.25, 0.3) is 0 Å². The van der Waals surface area contributed by atoms with Crippen molar-refractivity contribution in [2.45, 2.75) is 0 Å². The fraction of sp³-hybridized carbons (Fsp3) is 0.235. The van der Waals surface area contributed by atoms with Crippen LogP contribution in [0.25, 0.3) is 11.3 Å². The third kappa shape index (κ3) is 3.09. The molecule has 2 rings (SSSR count). The number of benzene rings is 1. The van der Waals surface area contributed by atoms with E-state index in [0.717, 1.165) is 5.56 Å². The van der Waals surface area contributed by atoms with Crippen molar-refractivity contribution in [3.05, 3.63) is 41.6 Å². The molecular formula is C17H18N4O2. The summed E-state index contributed by atoms with van der Waals surface area (Å²) in [7, 11) is 6.66. The SMILES string of the molecule is COC(=O)c1c(N=CN(C)C)c(C#N)c(-c2ccccc2)n1C. The lowest BCUT2D eigenvalue weighted by molar-refractivity contribution is 0.0591. The van der Waals surface area contributed by atoms with Crippen molar-refractivity contribution >= 4 is 18.0 Å². The fourth-order valence-corrected chi connectivity index (χ4v) is 2.34. The van der Waals surface area contributed by atoms with Crippen LogP contribution >= 0.6 is 0 Å². The second-order valence-electron chi connectivity index (χ2n) is 5.16. The smallest absolute Gasteiger partial charge is 0.357 e. The van der Waals surface area contributed by atoms with Crippen LogP contribution in [0, 0.1) is 11.3 Å². The minimum atomic E-state index is -0.530. The Morgan fingerprint density at radius 3 is 2.52 bits per heavy atom. The lowest BCUT2D eigenvalue weighted by atomic mass is 10.1. The first-order chi connectivity index (χ1) is 11.0. The van der Waals surface area contributed by atoms with Crippen LogP contribution in [-0.4, -0.2) is 43.0 Å². The number of carbonyl (C=O) groups is 1. The molecule has 0 N–H and O–H groups in total. The summed E-state index contributed by atoms with van der Waals surface area (Å²) in [4.78, 5) is 18.2. The van der Waals surface area contributed by atoms with E-state index in [-0.39, 0.29) is 5.69 Å². The van der Waals surface area contributed by atoms with Gasteiger partial charge in [-0.15, -0.1) is 0 Å². The highest BCUT2D eigenvalue weighted by Crippen LogP contribution is 2.36. The summed E-state index contributed by atoms with van der Waals surface area (Å²) in [6.45, 7) is 0. The molecule has 118 valence electrons. The Balaban J connectivity index is 2.79. The van der Waals surface area contributed by atoms with Gasteiger partial charge in [-0.2, -0.15) is 5.26 Å². The lowest BCUT2D eigenvalue weighted by Crippen LogP contribution is -2.10. The molecule has 6 nitrogen and oxygen atoms in total. The first-order valence-corrected chi connectivity index (χ1v) is 6.98. The summed E-state index contributed by atoms with van der Waals surface area (Å²) >= 11 is 0. The third-order valence-electron chi connectivity index (χ3n) is 3.32. The maximum atomic E-state index is 12.2. The first-order valence-electron chi connectivity index (χ1n) is 6.98. The van der Waals surface area contributed by atoms with Crippen LogP contribution in [0.4, 0.5) is 5.69 Å². The van der Waals surface area contributed by atoms with Gasteiger partial charge in [0.2, 0.25) is 0 Å². The molecule has 0 saturated carbocycles. The fourth-order valence-electron chi connectivity index (χ4n) is 2.34. The monoisotopic (exact) mass is 310 g/mol. The van der Waals surface area contributed by atoms with Crippen molar-refractivity contribution in [3.8, 4) is 17.3 Å². The molecule has 0 fully saturated rings. The molecule has 1 heterocycles. The second-order valence-corrected chi connectivity index (χ2v) is 5.16. The molecule has 0 aliphatic rings. The van der Waals surface area contributed by atoms with E-state index in [1.807, 2.05) is 44.4 Å². The molecule has 0 unspecified atom stereocenters. The summed E-state index contributed by atoms with van der Waals surface area (Å²) in [6.07, 6.45) is 1.55. The van der Waals surface area contributed by atoms with E-state index in [0.29, 0.717) is 16.9 Å². The Morgan fingerprint density at radius 1 is 1.35 bits per heavy atom. The predicted molar refractivity (Wildman–Crippen MR) is 88.7 cm³/mol. The van der Waals surface area contributed by atoms with Crippen LogP contribution in [-0.2, 0) is 11.8 Å². The standard InChI is InChI=1S/C17H18N4O2/c1-20(2)11-19-14-13(10-18)15(12-8-6-5-7-9-12)21(3)16(14)17(22)23-4/h5-9,11H,1-4H3. The Kier molecular flexibility index (Phi) is 4.82. The third-order valence-corrected chi connectivity index (χ3v) is 3.32. The molecule has 0 aliphatic carbocycles. The van der Waals surface area contributed by atoms with Crippen LogP contribution in [0.1, 0.15) is 16.1 Å². The van der Waals surface area contributed by atoms with Gasteiger partial charge in [0, 0.05) is 21.1 Å². The molecule has 0 radical (unpaired) electrons. The number of aromatic nitrogens is 1. The van der Waals surface area contributed by atoms with Gasteiger partial charge in [-0.1, -0.05) is 30.3 Å². The molecular weight excluding hydrogens is 292 g/mol. The van der Waals surface area contributed by atoms with Crippen molar-refractivity contribution in [1.29, 1.82) is 5.26 Å². The van der Waals surface area contributed by atoms with E-state index in [1.165, 1.54) is 7.11 Å². The minimum Gasteiger partial charge on any atom is -0.464 e. The maximum Gasteiger partial charge on any atom is 0.357 e. The van der Waals surface area contributed by atoms with E-state index in [4.69, 9.17) is 4.74 Å². The van der Waals surface area contributed by atoms with Gasteiger partial charge in [-0.25, -0.2) is 9.79 Å². The average molecular weight is 310 g/mol. The van der Waals surface area contributed by atoms with Gasteiger partial charge in [0.15, 0.2) is 5.69 Å². The van der Waals surface area contributed by atoms with Crippen molar-refractivity contribution in [2.75, 3.05) is 21.2 Å². The minimum absolute atomic E-state index is 0.251. The molecule has 2 aromatic rings. The van der Waals surface area contributed by atoms with E-state index < -0.39 is 5.97 Å². The molecule has 0 amide bonds. The van der Waals surface area contributed by atoms with Crippen LogP contribution in [0.5, 0.6) is 0 Å². The van der Waals surface area contributed by atoms with Gasteiger partial charge in [-0.05, 0) is 5.56 Å². The zero-order valence-corrected chi connectivity index (χ0v) is 13.6. The second kappa shape index (κ2) is 6.79. The van der Waals surface area contributed by atoms with Crippen molar-refractivity contribution < 1.29 is 9.53 Å². The van der Waals surface area contributed by atoms with Gasteiger partial charge in [0.05, 0.1) is 19.1 Å². The summed E-state index contributed by atoms with van der Waals surface area (Å²) in [5.74, 6) is -0.530. The molecule has 1 aromatic carbocycles. The highest BCUT2D eigenvalue weighted by Gasteiger charge is 2.26. The van der Waals surface area contributed by atoms with Crippen LogP contribution in [0.15, 0.2) is 35.3 Å². The summed E-state index contributed by atoms with van der Waals surface area (Å²) in [5, 5.41) is 9.62. The number of ether oxygens (including phenoxy) is 1. The highest BCUT2D eigenvalue weighted by atomic mass is 16.5. The topological polar surface area (TPSA) is 70.6 Å². The molecule has 1 aromatic heterocycles. The average Bonchev–Trinajstić information content (AvgIpc) is 2.84. The molecule has 0 saturated heterocycles. The Morgan fingerprint density at radius 2 is 2.00 bits per heavy atom. The number of methoxy groups -OCH3 is 1. The Labute approximate surface area is 135 Å². The van der Waals surface area contributed by atoms with Crippen LogP contribution in [0.2, 0.25) is 0 Å². The summed E-state index contributed by atoms with van der Waals surface area (Å²) in [6, 6.07) is 11.6. The highest BCUT2D eigenvalue weighted by molar-refractivity contribution is 5.98. The number of rotatable bonds is 4. The van der Waals surface area contributed by atoms with Crippen molar-refractivity contribution in [3.63, 3.8) is 0 Å². The van der Waals surface area contributed by atoms with Gasteiger partial charge < -0.3 is 14.2 Å². The van der Waals surface area contributed by atoms with Gasteiger partial charge >= 0.3 is 5.97 Å². The zero-order valence-electron chi connectivity index (χ0n) is 13.6. The van der Waals surface area contributed by atoms with E-state index in [1.54, 1.807) is 22.9 Å². The summed E-state index contributed by atoms with van der Waals surface area (Å²) < 4.78 is 6.51. The molecule has 0 atom stereocenters. The number of aliphatic imine (C=N–C) groups is 1. The molecule has 0 spiro atoms. The van der Waals surface area contributed by atoms with E-state index in [9.17, 15) is 10.1 Å². The Hall–Kier alpha value is -3.07. The van der Waals surface area contributed by atoms with Crippen molar-refractivity contribution in [1.82, 2.24) is 9.47 Å². The number of esters is 1. The number of hydrogen-bond donors (Lipinski definition) is 0. The normalized spacial score (nSPS) is 10.6. The largest absolute Gasteiger partial charge is 0.464 e. The Bertz CT molecular complexity index is 783. The van der Waals surface area contributed by atoms with Gasteiger partial charge in [-0.3, -0.25) is 0 Å².